The molecule has 1 heterocycles. The maximum Gasteiger partial charge on any atom is 0.339 e. The van der Waals surface area contributed by atoms with Crippen molar-refractivity contribution < 1.29 is 28.6 Å². The van der Waals surface area contributed by atoms with Crippen LogP contribution in [0.15, 0.2) is 72.8 Å². The summed E-state index contributed by atoms with van der Waals surface area (Å²) in [7, 11) is 2.49. The van der Waals surface area contributed by atoms with Gasteiger partial charge in [-0.3, -0.25) is 4.79 Å². The molecule has 0 fully saturated rings. The number of hydrogen-bond acceptors (Lipinski definition) is 7. The molecule has 4 rings (SSSR count). The number of ether oxygens (including phenoxy) is 3. The number of aromatic nitrogens is 1. The number of esters is 2. The van der Waals surface area contributed by atoms with Gasteiger partial charge < -0.3 is 19.5 Å². The molecule has 0 spiro atoms. The van der Waals surface area contributed by atoms with Crippen LogP contribution in [0.25, 0.3) is 22.2 Å². The molecule has 4 aromatic rings. The number of anilines is 1. The van der Waals surface area contributed by atoms with Gasteiger partial charge in [0.25, 0.3) is 5.91 Å². The molecule has 1 amide bonds. The van der Waals surface area contributed by atoms with E-state index in [0.717, 1.165) is 5.56 Å². The molecule has 0 unspecified atom stereocenters. The van der Waals surface area contributed by atoms with E-state index in [2.05, 4.69) is 5.32 Å². The highest BCUT2D eigenvalue weighted by Crippen LogP contribution is 2.32. The highest BCUT2D eigenvalue weighted by Gasteiger charge is 2.20. The summed E-state index contributed by atoms with van der Waals surface area (Å²) in [6, 6.07) is 20.6. The smallest absolute Gasteiger partial charge is 0.339 e. The van der Waals surface area contributed by atoms with Gasteiger partial charge >= 0.3 is 11.9 Å². The summed E-state index contributed by atoms with van der Waals surface area (Å²) in [4.78, 5) is 42.8. The normalized spacial score (nSPS) is 10.5. The molecule has 182 valence electrons. The third-order valence-electron chi connectivity index (χ3n) is 5.52. The van der Waals surface area contributed by atoms with Gasteiger partial charge in [-0.05, 0) is 49.4 Å². The first-order valence-corrected chi connectivity index (χ1v) is 11.2. The first-order chi connectivity index (χ1) is 17.5. The van der Waals surface area contributed by atoms with Gasteiger partial charge in [-0.2, -0.15) is 0 Å². The average molecular weight is 485 g/mol. The number of para-hydroxylation sites is 2. The molecule has 3 aromatic carbocycles. The van der Waals surface area contributed by atoms with Crippen LogP contribution in [0.2, 0.25) is 0 Å². The minimum atomic E-state index is -0.660. The Bertz CT molecular complexity index is 1460. The van der Waals surface area contributed by atoms with E-state index in [0.29, 0.717) is 34.5 Å². The summed E-state index contributed by atoms with van der Waals surface area (Å²) in [6.45, 7) is 2.37. The predicted molar refractivity (Wildman–Crippen MR) is 135 cm³/mol. The van der Waals surface area contributed by atoms with Crippen molar-refractivity contribution in [3.63, 3.8) is 0 Å². The molecular weight excluding hydrogens is 460 g/mol. The van der Waals surface area contributed by atoms with E-state index in [1.54, 1.807) is 12.1 Å². The largest absolute Gasteiger partial charge is 0.493 e. The highest BCUT2D eigenvalue weighted by atomic mass is 16.5. The number of nitrogens with one attached hydrogen (secondary N) is 1. The second-order valence-electron chi connectivity index (χ2n) is 7.70. The predicted octanol–water partition coefficient (Wildman–Crippen LogP) is 5.13. The lowest BCUT2D eigenvalue weighted by Gasteiger charge is -2.15. The lowest BCUT2D eigenvalue weighted by molar-refractivity contribution is 0.0587. The van der Waals surface area contributed by atoms with Gasteiger partial charge in [0, 0.05) is 10.9 Å². The van der Waals surface area contributed by atoms with Gasteiger partial charge in [0.2, 0.25) is 0 Å². The second-order valence-corrected chi connectivity index (χ2v) is 7.70. The first-order valence-electron chi connectivity index (χ1n) is 11.2. The molecule has 36 heavy (non-hydrogen) atoms. The van der Waals surface area contributed by atoms with Crippen LogP contribution < -0.4 is 10.1 Å². The molecule has 0 atom stereocenters. The minimum absolute atomic E-state index is 0.0961. The molecule has 0 aliphatic rings. The first kappa shape index (κ1) is 24.4. The lowest BCUT2D eigenvalue weighted by Crippen LogP contribution is -2.17. The Morgan fingerprint density at radius 2 is 1.56 bits per heavy atom. The van der Waals surface area contributed by atoms with E-state index in [4.69, 9.17) is 19.2 Å². The Balaban J connectivity index is 1.83. The maximum absolute atomic E-state index is 13.6. The van der Waals surface area contributed by atoms with Crippen LogP contribution >= 0.6 is 0 Å². The van der Waals surface area contributed by atoms with Crippen LogP contribution in [-0.2, 0) is 9.47 Å². The number of benzene rings is 3. The van der Waals surface area contributed by atoms with Gasteiger partial charge in [0.05, 0.1) is 54.4 Å². The minimum Gasteiger partial charge on any atom is -0.493 e. The van der Waals surface area contributed by atoms with Gasteiger partial charge in [-0.15, -0.1) is 0 Å². The Morgan fingerprint density at radius 3 is 2.31 bits per heavy atom. The molecule has 1 N–H and O–H groups in total. The highest BCUT2D eigenvalue weighted by molar-refractivity contribution is 6.15. The van der Waals surface area contributed by atoms with Crippen molar-refractivity contribution >= 4 is 34.4 Å². The topological polar surface area (TPSA) is 104 Å². The summed E-state index contributed by atoms with van der Waals surface area (Å²) in [6.07, 6.45) is 0. The number of carbonyl (C=O) groups excluding carboxylic acids is 3. The maximum atomic E-state index is 13.6. The molecule has 8 nitrogen and oxygen atoms in total. The van der Waals surface area contributed by atoms with Crippen molar-refractivity contribution in [3.05, 3.63) is 89.5 Å². The van der Waals surface area contributed by atoms with Gasteiger partial charge in [0.15, 0.2) is 0 Å². The monoisotopic (exact) mass is 484 g/mol. The fourth-order valence-electron chi connectivity index (χ4n) is 3.83. The standard InChI is InChI=1S/C28H24N2O6/c1-4-36-25-12-8-6-10-19(25)24-16-21(18-9-5-7-11-22(18)29-24)26(31)30-23-15-17(27(32)34-2)13-14-20(23)28(33)35-3/h5-16H,4H2,1-3H3,(H,30,31). The number of hydrogen-bond donors (Lipinski definition) is 1. The fourth-order valence-corrected chi connectivity index (χ4v) is 3.83. The van der Waals surface area contributed by atoms with Crippen molar-refractivity contribution in [2.24, 2.45) is 0 Å². The van der Waals surface area contributed by atoms with Crippen molar-refractivity contribution in [1.82, 2.24) is 4.98 Å². The van der Waals surface area contributed by atoms with E-state index in [1.165, 1.54) is 32.4 Å². The quantitative estimate of drug-likeness (QED) is 0.363. The fraction of sp³-hybridized carbons (Fsp3) is 0.143. The van der Waals surface area contributed by atoms with Crippen LogP contribution in [-0.4, -0.2) is 43.7 Å². The molecular formula is C28H24N2O6. The van der Waals surface area contributed by atoms with Gasteiger partial charge in [-0.25, -0.2) is 14.6 Å². The van der Waals surface area contributed by atoms with E-state index >= 15 is 0 Å². The molecule has 1 aromatic heterocycles. The summed E-state index contributed by atoms with van der Waals surface area (Å²) in [5, 5.41) is 3.39. The number of amides is 1. The number of methoxy groups -OCH3 is 2. The average Bonchev–Trinajstić information content (AvgIpc) is 2.92. The molecule has 0 radical (unpaired) electrons. The van der Waals surface area contributed by atoms with Crippen molar-refractivity contribution in [3.8, 4) is 17.0 Å². The zero-order chi connectivity index (χ0) is 25.7. The van der Waals surface area contributed by atoms with E-state index in [-0.39, 0.29) is 16.8 Å². The van der Waals surface area contributed by atoms with E-state index < -0.39 is 17.8 Å². The molecule has 0 aliphatic heterocycles. The van der Waals surface area contributed by atoms with Crippen LogP contribution in [0.1, 0.15) is 38.0 Å². The molecule has 0 saturated heterocycles. The van der Waals surface area contributed by atoms with Crippen LogP contribution in [0.4, 0.5) is 5.69 Å². The van der Waals surface area contributed by atoms with Gasteiger partial charge in [0.1, 0.15) is 5.75 Å². The van der Waals surface area contributed by atoms with Gasteiger partial charge in [-0.1, -0.05) is 30.3 Å². The molecule has 0 bridgehead atoms. The Morgan fingerprint density at radius 1 is 0.833 bits per heavy atom. The molecule has 0 aliphatic carbocycles. The van der Waals surface area contributed by atoms with Crippen molar-refractivity contribution in [1.29, 1.82) is 0 Å². The Kier molecular flexibility index (Phi) is 7.25. The van der Waals surface area contributed by atoms with Crippen LogP contribution in [0.5, 0.6) is 5.75 Å². The number of rotatable bonds is 7. The van der Waals surface area contributed by atoms with Crippen LogP contribution in [0, 0.1) is 0 Å². The summed E-state index contributed by atoms with van der Waals surface area (Å²) in [5.74, 6) is -1.11. The second kappa shape index (κ2) is 10.7. The molecule has 8 heteroatoms. The van der Waals surface area contributed by atoms with E-state index in [9.17, 15) is 14.4 Å². The third-order valence-corrected chi connectivity index (χ3v) is 5.52. The zero-order valence-electron chi connectivity index (χ0n) is 20.0. The van der Waals surface area contributed by atoms with Crippen molar-refractivity contribution in [2.75, 3.05) is 26.1 Å². The Labute approximate surface area is 207 Å². The number of pyridine rings is 1. The zero-order valence-corrected chi connectivity index (χ0v) is 20.0. The van der Waals surface area contributed by atoms with Crippen molar-refractivity contribution in [2.45, 2.75) is 6.92 Å². The number of nitrogens with zero attached hydrogens (tertiary/aromatic N) is 1. The SMILES string of the molecule is CCOc1ccccc1-c1cc(C(=O)Nc2cc(C(=O)OC)ccc2C(=O)OC)c2ccccc2n1. The summed E-state index contributed by atoms with van der Waals surface area (Å²) >= 11 is 0. The Hall–Kier alpha value is -4.72. The third kappa shape index (κ3) is 4.88. The number of carbonyl (C=O) groups is 3. The van der Waals surface area contributed by atoms with Crippen LogP contribution in [0.3, 0.4) is 0 Å². The summed E-state index contributed by atoms with van der Waals surface area (Å²) < 4.78 is 15.4. The summed E-state index contributed by atoms with van der Waals surface area (Å²) in [5.41, 5.74) is 2.63. The lowest BCUT2D eigenvalue weighted by atomic mass is 10.0. The van der Waals surface area contributed by atoms with E-state index in [1.807, 2.05) is 49.4 Å². The molecule has 0 saturated carbocycles. The number of fused-ring (bicyclic) bond motifs is 1.